The van der Waals surface area contributed by atoms with Gasteiger partial charge in [0.1, 0.15) is 11.9 Å². The molecule has 0 aliphatic carbocycles. The maximum Gasteiger partial charge on any atom is 0.119 e. The van der Waals surface area contributed by atoms with E-state index in [1.165, 1.54) is 5.56 Å². The molecule has 0 amide bonds. The van der Waals surface area contributed by atoms with Crippen molar-refractivity contribution in [1.29, 1.82) is 0 Å². The van der Waals surface area contributed by atoms with Gasteiger partial charge in [-0.15, -0.1) is 0 Å². The normalized spacial score (nSPS) is 26.3. The minimum absolute atomic E-state index is 0.369. The van der Waals surface area contributed by atoms with Gasteiger partial charge in [-0.05, 0) is 37.6 Å². The lowest BCUT2D eigenvalue weighted by molar-refractivity contribution is 0.112. The summed E-state index contributed by atoms with van der Waals surface area (Å²) in [6, 6.07) is 8.30. The summed E-state index contributed by atoms with van der Waals surface area (Å²) >= 11 is 0. The van der Waals surface area contributed by atoms with Gasteiger partial charge >= 0.3 is 0 Å². The lowest BCUT2D eigenvalue weighted by Crippen LogP contribution is -2.41. The van der Waals surface area contributed by atoms with Gasteiger partial charge in [-0.1, -0.05) is 19.1 Å². The highest BCUT2D eigenvalue weighted by atomic mass is 16.5. The van der Waals surface area contributed by atoms with Gasteiger partial charge in [-0.3, -0.25) is 0 Å². The van der Waals surface area contributed by atoms with Crippen LogP contribution in [-0.4, -0.2) is 19.2 Å². The monoisotopic (exact) mass is 205 g/mol. The van der Waals surface area contributed by atoms with Crippen LogP contribution in [0.2, 0.25) is 0 Å². The van der Waals surface area contributed by atoms with Crippen LogP contribution in [0.25, 0.3) is 0 Å². The van der Waals surface area contributed by atoms with Gasteiger partial charge in [0.2, 0.25) is 0 Å². The smallest absolute Gasteiger partial charge is 0.119 e. The summed E-state index contributed by atoms with van der Waals surface area (Å²) in [6.07, 6.45) is 1.47. The predicted molar refractivity (Wildman–Crippen MR) is 62.2 cm³/mol. The van der Waals surface area contributed by atoms with Gasteiger partial charge in [-0.2, -0.15) is 0 Å². The van der Waals surface area contributed by atoms with Gasteiger partial charge < -0.3 is 10.1 Å². The second-order valence-corrected chi connectivity index (χ2v) is 4.44. The molecule has 2 nitrogen and oxygen atoms in total. The summed E-state index contributed by atoms with van der Waals surface area (Å²) in [5.41, 5.74) is 1.26. The van der Waals surface area contributed by atoms with E-state index >= 15 is 0 Å². The van der Waals surface area contributed by atoms with Crippen LogP contribution in [0.5, 0.6) is 5.75 Å². The number of rotatable bonds is 2. The standard InChI is InChI=1S/C13H19NO/c1-10-4-3-5-12(8-10)15-13-6-7-14-9-11(13)2/h3-5,8,11,13-14H,6-7,9H2,1-2H3. The fourth-order valence-corrected chi connectivity index (χ4v) is 2.03. The summed E-state index contributed by atoms with van der Waals surface area (Å²) in [4.78, 5) is 0. The highest BCUT2D eigenvalue weighted by Crippen LogP contribution is 2.20. The van der Waals surface area contributed by atoms with Crippen LogP contribution in [0.4, 0.5) is 0 Å². The molecule has 1 aromatic rings. The SMILES string of the molecule is Cc1cccc(OC2CCNCC2C)c1. The minimum atomic E-state index is 0.369. The van der Waals surface area contributed by atoms with E-state index in [0.717, 1.165) is 25.3 Å². The molecule has 1 aliphatic rings. The van der Waals surface area contributed by atoms with Crippen molar-refractivity contribution in [2.45, 2.75) is 26.4 Å². The van der Waals surface area contributed by atoms with Crippen molar-refractivity contribution >= 4 is 0 Å². The van der Waals surface area contributed by atoms with Crippen LogP contribution in [0, 0.1) is 12.8 Å². The Morgan fingerprint density at radius 2 is 2.27 bits per heavy atom. The fraction of sp³-hybridized carbons (Fsp3) is 0.538. The van der Waals surface area contributed by atoms with E-state index in [0.29, 0.717) is 12.0 Å². The predicted octanol–water partition coefficient (Wildman–Crippen LogP) is 2.37. The lowest BCUT2D eigenvalue weighted by Gasteiger charge is -2.30. The first-order valence-electron chi connectivity index (χ1n) is 5.70. The first-order chi connectivity index (χ1) is 7.25. The van der Waals surface area contributed by atoms with E-state index in [1.807, 2.05) is 6.07 Å². The molecule has 2 heteroatoms. The zero-order chi connectivity index (χ0) is 10.7. The number of hydrogen-bond donors (Lipinski definition) is 1. The Balaban J connectivity index is 2.01. The first kappa shape index (κ1) is 10.5. The first-order valence-corrected chi connectivity index (χ1v) is 5.70. The molecule has 0 saturated carbocycles. The van der Waals surface area contributed by atoms with E-state index < -0.39 is 0 Å². The number of nitrogens with one attached hydrogen (secondary N) is 1. The molecule has 1 aliphatic heterocycles. The largest absolute Gasteiger partial charge is 0.490 e. The third kappa shape index (κ3) is 2.72. The highest BCUT2D eigenvalue weighted by molar-refractivity contribution is 5.27. The van der Waals surface area contributed by atoms with Crippen molar-refractivity contribution in [3.63, 3.8) is 0 Å². The Bertz CT molecular complexity index is 324. The number of ether oxygens (including phenoxy) is 1. The minimum Gasteiger partial charge on any atom is -0.490 e. The number of benzene rings is 1. The Hall–Kier alpha value is -1.02. The quantitative estimate of drug-likeness (QED) is 0.800. The molecule has 0 bridgehead atoms. The second-order valence-electron chi connectivity index (χ2n) is 4.44. The zero-order valence-corrected chi connectivity index (χ0v) is 9.49. The summed E-state index contributed by atoms with van der Waals surface area (Å²) < 4.78 is 6.01. The van der Waals surface area contributed by atoms with Crippen molar-refractivity contribution in [2.24, 2.45) is 5.92 Å². The van der Waals surface area contributed by atoms with Crippen molar-refractivity contribution in [3.8, 4) is 5.75 Å². The highest BCUT2D eigenvalue weighted by Gasteiger charge is 2.22. The average molecular weight is 205 g/mol. The summed E-state index contributed by atoms with van der Waals surface area (Å²) in [5, 5.41) is 3.38. The molecule has 1 aromatic carbocycles. The van der Waals surface area contributed by atoms with Crippen LogP contribution < -0.4 is 10.1 Å². The van der Waals surface area contributed by atoms with Crippen LogP contribution in [0.3, 0.4) is 0 Å². The van der Waals surface area contributed by atoms with Crippen molar-refractivity contribution in [2.75, 3.05) is 13.1 Å². The number of aryl methyl sites for hydroxylation is 1. The van der Waals surface area contributed by atoms with Gasteiger partial charge in [0.15, 0.2) is 0 Å². The molecule has 1 saturated heterocycles. The molecule has 1 fully saturated rings. The zero-order valence-electron chi connectivity index (χ0n) is 9.49. The van der Waals surface area contributed by atoms with Gasteiger partial charge in [0.05, 0.1) is 0 Å². The third-order valence-electron chi connectivity index (χ3n) is 2.98. The Morgan fingerprint density at radius 1 is 1.40 bits per heavy atom. The van der Waals surface area contributed by atoms with Crippen molar-refractivity contribution in [3.05, 3.63) is 29.8 Å². The molecule has 82 valence electrons. The van der Waals surface area contributed by atoms with Crippen molar-refractivity contribution < 1.29 is 4.74 Å². The van der Waals surface area contributed by atoms with Crippen LogP contribution in [-0.2, 0) is 0 Å². The third-order valence-corrected chi connectivity index (χ3v) is 2.98. The van der Waals surface area contributed by atoms with Crippen LogP contribution in [0.15, 0.2) is 24.3 Å². The van der Waals surface area contributed by atoms with Crippen LogP contribution in [0.1, 0.15) is 18.9 Å². The average Bonchev–Trinajstić information content (AvgIpc) is 2.22. The van der Waals surface area contributed by atoms with Crippen molar-refractivity contribution in [1.82, 2.24) is 5.32 Å². The van der Waals surface area contributed by atoms with E-state index in [1.54, 1.807) is 0 Å². The molecule has 2 rings (SSSR count). The molecule has 1 heterocycles. The Kier molecular flexibility index (Phi) is 3.27. The van der Waals surface area contributed by atoms with E-state index in [4.69, 9.17) is 4.74 Å². The summed E-state index contributed by atoms with van der Waals surface area (Å²) in [7, 11) is 0. The topological polar surface area (TPSA) is 21.3 Å². The van der Waals surface area contributed by atoms with Gasteiger partial charge in [0, 0.05) is 12.5 Å². The molecule has 2 atom stereocenters. The maximum absolute atomic E-state index is 6.01. The summed E-state index contributed by atoms with van der Waals surface area (Å²) in [6.45, 7) is 6.47. The Morgan fingerprint density at radius 3 is 3.00 bits per heavy atom. The number of hydrogen-bond acceptors (Lipinski definition) is 2. The van der Waals surface area contributed by atoms with E-state index in [2.05, 4.69) is 37.4 Å². The van der Waals surface area contributed by atoms with E-state index in [9.17, 15) is 0 Å². The molecule has 15 heavy (non-hydrogen) atoms. The van der Waals surface area contributed by atoms with E-state index in [-0.39, 0.29) is 0 Å². The molecule has 2 unspecified atom stereocenters. The van der Waals surface area contributed by atoms with Crippen LogP contribution >= 0.6 is 0 Å². The fourth-order valence-electron chi connectivity index (χ4n) is 2.03. The second kappa shape index (κ2) is 4.67. The van der Waals surface area contributed by atoms with Gasteiger partial charge in [0.25, 0.3) is 0 Å². The Labute approximate surface area is 91.6 Å². The molecular formula is C13H19NO. The molecule has 1 N–H and O–H groups in total. The molecule has 0 aromatic heterocycles. The maximum atomic E-state index is 6.01. The molecule has 0 radical (unpaired) electrons. The lowest BCUT2D eigenvalue weighted by atomic mass is 9.98. The summed E-state index contributed by atoms with van der Waals surface area (Å²) in [5.74, 6) is 1.60. The number of piperidine rings is 1. The molecule has 0 spiro atoms. The van der Waals surface area contributed by atoms with Gasteiger partial charge in [-0.25, -0.2) is 0 Å². The molecular weight excluding hydrogens is 186 g/mol.